The Morgan fingerprint density at radius 2 is 2.05 bits per heavy atom. The average molecular weight is 274 g/mol. The number of nitrogens with zero attached hydrogens (tertiary/aromatic N) is 2. The van der Waals surface area contributed by atoms with Gasteiger partial charge in [-0.25, -0.2) is 4.79 Å². The van der Waals surface area contributed by atoms with Gasteiger partial charge in [0, 0.05) is 23.4 Å². The van der Waals surface area contributed by atoms with E-state index in [4.69, 9.17) is 9.84 Å². The summed E-state index contributed by atoms with van der Waals surface area (Å²) >= 11 is 0. The van der Waals surface area contributed by atoms with Crippen molar-refractivity contribution in [2.45, 2.75) is 26.8 Å². The number of aromatic nitrogens is 2. The molecular weight excluding hydrogens is 256 g/mol. The monoisotopic (exact) mass is 274 g/mol. The van der Waals surface area contributed by atoms with E-state index in [1.54, 1.807) is 19.2 Å². The standard InChI is InChI=1S/C15H18N2O3/c1-9(2)17-8-13(10(3)16-17)12-7-11(15(18)19)5-6-14(12)20-4/h5-9H,1-4H3,(H,18,19). The first-order chi connectivity index (χ1) is 9.43. The largest absolute Gasteiger partial charge is 0.496 e. The molecule has 0 bridgehead atoms. The van der Waals surface area contributed by atoms with Crippen molar-refractivity contribution in [2.24, 2.45) is 0 Å². The Bertz CT molecular complexity index is 645. The zero-order valence-corrected chi connectivity index (χ0v) is 12.0. The topological polar surface area (TPSA) is 64.3 Å². The lowest BCUT2D eigenvalue weighted by Gasteiger charge is -2.08. The minimum Gasteiger partial charge on any atom is -0.496 e. The molecule has 0 unspecified atom stereocenters. The molecule has 1 aromatic heterocycles. The van der Waals surface area contributed by atoms with Crippen molar-refractivity contribution < 1.29 is 14.6 Å². The maximum Gasteiger partial charge on any atom is 0.335 e. The van der Waals surface area contributed by atoms with Crippen LogP contribution in [0.4, 0.5) is 0 Å². The molecule has 0 saturated heterocycles. The minimum atomic E-state index is -0.956. The summed E-state index contributed by atoms with van der Waals surface area (Å²) < 4.78 is 7.19. The van der Waals surface area contributed by atoms with Gasteiger partial charge < -0.3 is 9.84 Å². The number of aryl methyl sites for hydroxylation is 1. The van der Waals surface area contributed by atoms with E-state index in [9.17, 15) is 4.79 Å². The summed E-state index contributed by atoms with van der Waals surface area (Å²) in [5.41, 5.74) is 2.72. The van der Waals surface area contributed by atoms with Crippen LogP contribution in [0.15, 0.2) is 24.4 Å². The lowest BCUT2D eigenvalue weighted by molar-refractivity contribution is 0.0697. The molecule has 106 valence electrons. The van der Waals surface area contributed by atoms with Gasteiger partial charge in [-0.3, -0.25) is 4.68 Å². The Labute approximate surface area is 117 Å². The molecule has 0 radical (unpaired) electrons. The summed E-state index contributed by atoms with van der Waals surface area (Å²) in [7, 11) is 1.57. The maximum absolute atomic E-state index is 11.1. The van der Waals surface area contributed by atoms with Gasteiger partial charge >= 0.3 is 5.97 Å². The van der Waals surface area contributed by atoms with Crippen molar-refractivity contribution in [3.05, 3.63) is 35.7 Å². The van der Waals surface area contributed by atoms with Crippen molar-refractivity contribution in [1.82, 2.24) is 9.78 Å². The minimum absolute atomic E-state index is 0.234. The summed E-state index contributed by atoms with van der Waals surface area (Å²) in [4.78, 5) is 11.1. The normalized spacial score (nSPS) is 10.8. The molecule has 0 fully saturated rings. The van der Waals surface area contributed by atoms with Crippen LogP contribution in [0.1, 0.15) is 35.9 Å². The summed E-state index contributed by atoms with van der Waals surface area (Å²) in [6, 6.07) is 5.07. The number of benzene rings is 1. The third kappa shape index (κ3) is 2.52. The van der Waals surface area contributed by atoms with Crippen LogP contribution in [0.5, 0.6) is 5.75 Å². The molecule has 0 saturated carbocycles. The Morgan fingerprint density at radius 3 is 2.55 bits per heavy atom. The highest BCUT2D eigenvalue weighted by atomic mass is 16.5. The molecule has 1 heterocycles. The first-order valence-corrected chi connectivity index (χ1v) is 6.41. The third-order valence-corrected chi connectivity index (χ3v) is 3.18. The second-order valence-corrected chi connectivity index (χ2v) is 4.92. The van der Waals surface area contributed by atoms with Gasteiger partial charge in [0.15, 0.2) is 0 Å². The van der Waals surface area contributed by atoms with Gasteiger partial charge in [0.1, 0.15) is 5.75 Å². The molecule has 5 heteroatoms. The lowest BCUT2D eigenvalue weighted by atomic mass is 10.0. The van der Waals surface area contributed by atoms with Crippen LogP contribution >= 0.6 is 0 Å². The number of aromatic carboxylic acids is 1. The Hall–Kier alpha value is -2.30. The second-order valence-electron chi connectivity index (χ2n) is 4.92. The van der Waals surface area contributed by atoms with Crippen molar-refractivity contribution in [1.29, 1.82) is 0 Å². The summed E-state index contributed by atoms with van der Waals surface area (Å²) in [6.45, 7) is 5.99. The highest BCUT2D eigenvalue weighted by Crippen LogP contribution is 2.33. The van der Waals surface area contributed by atoms with E-state index in [1.807, 2.05) is 31.6 Å². The number of carboxylic acids is 1. The fraction of sp³-hybridized carbons (Fsp3) is 0.333. The molecule has 0 aliphatic rings. The van der Waals surface area contributed by atoms with Gasteiger partial charge in [-0.1, -0.05) is 0 Å². The van der Waals surface area contributed by atoms with Crippen molar-refractivity contribution in [2.75, 3.05) is 7.11 Å². The van der Waals surface area contributed by atoms with Crippen LogP contribution in [-0.2, 0) is 0 Å². The average Bonchev–Trinajstić information content (AvgIpc) is 2.80. The molecular formula is C15H18N2O3. The highest BCUT2D eigenvalue weighted by Gasteiger charge is 2.15. The van der Waals surface area contributed by atoms with Crippen LogP contribution < -0.4 is 4.74 Å². The van der Waals surface area contributed by atoms with E-state index >= 15 is 0 Å². The van der Waals surface area contributed by atoms with Crippen molar-refractivity contribution in [3.8, 4) is 16.9 Å². The Kier molecular flexibility index (Phi) is 3.79. The van der Waals surface area contributed by atoms with Gasteiger partial charge in [-0.05, 0) is 39.0 Å². The van der Waals surface area contributed by atoms with Gasteiger partial charge in [-0.2, -0.15) is 5.10 Å². The van der Waals surface area contributed by atoms with E-state index in [1.165, 1.54) is 6.07 Å². The van der Waals surface area contributed by atoms with E-state index in [2.05, 4.69) is 5.10 Å². The van der Waals surface area contributed by atoms with E-state index in [0.717, 1.165) is 16.8 Å². The third-order valence-electron chi connectivity index (χ3n) is 3.18. The number of rotatable bonds is 4. The molecule has 0 aliphatic carbocycles. The van der Waals surface area contributed by atoms with Crippen LogP contribution in [0.25, 0.3) is 11.1 Å². The molecule has 5 nitrogen and oxygen atoms in total. The van der Waals surface area contributed by atoms with Gasteiger partial charge in [0.05, 0.1) is 18.4 Å². The molecule has 2 rings (SSSR count). The molecule has 1 aromatic carbocycles. The zero-order chi connectivity index (χ0) is 14.9. The molecule has 1 N–H and O–H groups in total. The quantitative estimate of drug-likeness (QED) is 0.930. The number of methoxy groups -OCH3 is 1. The molecule has 0 amide bonds. The number of hydrogen-bond acceptors (Lipinski definition) is 3. The van der Waals surface area contributed by atoms with Gasteiger partial charge in [-0.15, -0.1) is 0 Å². The number of ether oxygens (including phenoxy) is 1. The molecule has 2 aromatic rings. The fourth-order valence-corrected chi connectivity index (χ4v) is 2.06. The first-order valence-electron chi connectivity index (χ1n) is 6.41. The van der Waals surface area contributed by atoms with Crippen LogP contribution in [0.2, 0.25) is 0 Å². The fourth-order valence-electron chi connectivity index (χ4n) is 2.06. The van der Waals surface area contributed by atoms with E-state index in [0.29, 0.717) is 5.75 Å². The SMILES string of the molecule is COc1ccc(C(=O)O)cc1-c1cn(C(C)C)nc1C. The highest BCUT2D eigenvalue weighted by molar-refractivity contribution is 5.90. The first kappa shape index (κ1) is 14.1. The van der Waals surface area contributed by atoms with Crippen molar-refractivity contribution >= 4 is 5.97 Å². The Balaban J connectivity index is 2.60. The molecule has 20 heavy (non-hydrogen) atoms. The van der Waals surface area contributed by atoms with Gasteiger partial charge in [0.2, 0.25) is 0 Å². The van der Waals surface area contributed by atoms with Crippen LogP contribution in [-0.4, -0.2) is 28.0 Å². The predicted octanol–water partition coefficient (Wildman–Crippen LogP) is 3.15. The molecule has 0 spiro atoms. The summed E-state index contributed by atoms with van der Waals surface area (Å²) in [5, 5.41) is 13.6. The van der Waals surface area contributed by atoms with E-state index < -0.39 is 5.97 Å². The lowest BCUT2D eigenvalue weighted by Crippen LogP contribution is -2.00. The maximum atomic E-state index is 11.1. The predicted molar refractivity (Wildman–Crippen MR) is 76.3 cm³/mol. The van der Waals surface area contributed by atoms with Crippen molar-refractivity contribution in [3.63, 3.8) is 0 Å². The zero-order valence-electron chi connectivity index (χ0n) is 12.0. The van der Waals surface area contributed by atoms with E-state index in [-0.39, 0.29) is 11.6 Å². The van der Waals surface area contributed by atoms with Crippen LogP contribution in [0.3, 0.4) is 0 Å². The molecule has 0 atom stereocenters. The van der Waals surface area contributed by atoms with Crippen LogP contribution in [0, 0.1) is 6.92 Å². The smallest absolute Gasteiger partial charge is 0.335 e. The summed E-state index contributed by atoms with van der Waals surface area (Å²) in [6.07, 6.45) is 1.92. The number of hydrogen-bond donors (Lipinski definition) is 1. The Morgan fingerprint density at radius 1 is 1.35 bits per heavy atom. The van der Waals surface area contributed by atoms with Gasteiger partial charge in [0.25, 0.3) is 0 Å². The second kappa shape index (κ2) is 5.36. The summed E-state index contributed by atoms with van der Waals surface area (Å²) in [5.74, 6) is -0.316. The number of carbonyl (C=O) groups is 1. The number of carboxylic acid groups (broad SMARTS) is 1. The molecule has 0 aliphatic heterocycles.